The molecule has 1 atom stereocenters. The summed E-state index contributed by atoms with van der Waals surface area (Å²) in [6, 6.07) is 0. The highest BCUT2D eigenvalue weighted by Crippen LogP contribution is 2.08. The van der Waals surface area contributed by atoms with E-state index in [1.54, 1.807) is 0 Å². The first-order valence-corrected chi connectivity index (χ1v) is 12.0. The molecule has 0 aliphatic heterocycles. The van der Waals surface area contributed by atoms with E-state index in [-0.39, 0.29) is 12.4 Å². The van der Waals surface area contributed by atoms with Crippen LogP contribution in [0.25, 0.3) is 0 Å². The van der Waals surface area contributed by atoms with E-state index < -0.39 is 12.1 Å². The Balaban J connectivity index is 3.86. The maximum absolute atomic E-state index is 12.0. The number of esters is 1. The quantitative estimate of drug-likeness (QED) is 0.122. The average molecular weight is 448 g/mol. The lowest BCUT2D eigenvalue weighted by atomic mass is 10.2. The zero-order chi connectivity index (χ0) is 24.1. The maximum atomic E-state index is 12.0. The lowest BCUT2D eigenvalue weighted by Crippen LogP contribution is -2.45. The van der Waals surface area contributed by atoms with Crippen LogP contribution < -0.4 is 5.11 Å². The van der Waals surface area contributed by atoms with Gasteiger partial charge in [-0.2, -0.15) is 0 Å². The van der Waals surface area contributed by atoms with Crippen LogP contribution in [0.5, 0.6) is 0 Å². The number of aliphatic carboxylic acids is 1. The second-order valence-electron chi connectivity index (χ2n) is 9.14. The highest BCUT2D eigenvalue weighted by atomic mass is 16.5. The first-order valence-electron chi connectivity index (χ1n) is 12.0. The van der Waals surface area contributed by atoms with Crippen molar-refractivity contribution in [3.05, 3.63) is 48.6 Å². The minimum atomic E-state index is -1.20. The predicted molar refractivity (Wildman–Crippen MR) is 131 cm³/mol. The van der Waals surface area contributed by atoms with Gasteiger partial charge in [0, 0.05) is 18.8 Å². The highest BCUT2D eigenvalue weighted by Gasteiger charge is 2.22. The third kappa shape index (κ3) is 22.5. The molecule has 0 rings (SSSR count). The molecule has 0 aliphatic carbocycles. The average Bonchev–Trinajstić information content (AvgIpc) is 2.68. The second kappa shape index (κ2) is 19.5. The van der Waals surface area contributed by atoms with Crippen LogP contribution in [0.1, 0.15) is 77.6 Å². The molecule has 0 amide bonds. The summed E-state index contributed by atoms with van der Waals surface area (Å²) in [4.78, 5) is 22.9. The van der Waals surface area contributed by atoms with Crippen molar-refractivity contribution in [2.45, 2.75) is 83.7 Å². The fraction of sp³-hybridized carbons (Fsp3) is 0.630. The zero-order valence-electron chi connectivity index (χ0n) is 20.8. The molecule has 0 aromatic carbocycles. The maximum Gasteiger partial charge on any atom is 0.306 e. The molecule has 0 unspecified atom stereocenters. The number of carbonyl (C=O) groups excluding carboxylic acids is 2. The summed E-state index contributed by atoms with van der Waals surface area (Å²) in [6.07, 6.45) is 26.1. The van der Waals surface area contributed by atoms with E-state index in [0.717, 1.165) is 25.7 Å². The highest BCUT2D eigenvalue weighted by molar-refractivity contribution is 5.70. The van der Waals surface area contributed by atoms with Crippen LogP contribution in [0, 0.1) is 0 Å². The molecule has 0 fully saturated rings. The number of carboxylic acid groups (broad SMARTS) is 1. The Labute approximate surface area is 196 Å². The van der Waals surface area contributed by atoms with Gasteiger partial charge >= 0.3 is 5.97 Å². The van der Waals surface area contributed by atoms with Crippen molar-refractivity contribution in [2.75, 3.05) is 27.7 Å². The third-order valence-electron chi connectivity index (χ3n) is 4.65. The molecule has 0 heterocycles. The van der Waals surface area contributed by atoms with Crippen LogP contribution in [0.3, 0.4) is 0 Å². The number of likely N-dealkylation sites (N-methyl/N-ethyl adjacent to an activating group) is 1. The van der Waals surface area contributed by atoms with E-state index in [9.17, 15) is 14.7 Å². The SMILES string of the molecule is CCCCC/C=C\C/C=C\C/C=C\C/C=C\CCCC(=O)O[C@H](CC(=O)[O-])C[N+](C)(C)C. The Morgan fingerprint density at radius 3 is 1.78 bits per heavy atom. The number of rotatable bonds is 19. The molecule has 32 heavy (non-hydrogen) atoms. The molecule has 5 nitrogen and oxygen atoms in total. The standard InChI is InChI=1S/C27H45NO4/c1-5-6-7-8-9-10-11-12-13-14-15-16-17-18-19-20-21-22-27(31)32-25(23-26(29)30)24-28(2,3)4/h9-10,12-13,15-16,18-19,25H,5-8,11,14,17,20-24H2,1-4H3/b10-9-,13-12-,16-15-,19-18-/t25-/m1/s1. The molecule has 182 valence electrons. The van der Waals surface area contributed by atoms with E-state index in [4.69, 9.17) is 4.74 Å². The molecule has 0 N–H and O–H groups in total. The molecule has 0 aromatic rings. The summed E-state index contributed by atoms with van der Waals surface area (Å²) < 4.78 is 5.87. The fourth-order valence-corrected chi connectivity index (χ4v) is 3.11. The molecule has 0 bridgehead atoms. The number of hydrogen-bond acceptors (Lipinski definition) is 4. The van der Waals surface area contributed by atoms with Crippen molar-refractivity contribution >= 4 is 11.9 Å². The number of quaternary nitrogens is 1. The Kier molecular flexibility index (Phi) is 18.2. The lowest BCUT2D eigenvalue weighted by Gasteiger charge is -2.29. The molecular formula is C27H45NO4. The third-order valence-corrected chi connectivity index (χ3v) is 4.65. The summed E-state index contributed by atoms with van der Waals surface area (Å²) in [5, 5.41) is 10.9. The predicted octanol–water partition coefficient (Wildman–Crippen LogP) is 4.89. The lowest BCUT2D eigenvalue weighted by molar-refractivity contribution is -0.873. The second-order valence-corrected chi connectivity index (χ2v) is 9.14. The number of carboxylic acids is 1. The molecule has 0 saturated heterocycles. The monoisotopic (exact) mass is 447 g/mol. The number of ether oxygens (including phenoxy) is 1. The molecule has 0 spiro atoms. The van der Waals surface area contributed by atoms with Gasteiger partial charge in [0.15, 0.2) is 6.10 Å². The molecular weight excluding hydrogens is 402 g/mol. The number of carbonyl (C=O) groups is 2. The van der Waals surface area contributed by atoms with Gasteiger partial charge in [-0.05, 0) is 44.9 Å². The summed E-state index contributed by atoms with van der Waals surface area (Å²) in [7, 11) is 5.79. The minimum absolute atomic E-state index is 0.265. The normalized spacial score (nSPS) is 13.6. The summed E-state index contributed by atoms with van der Waals surface area (Å²) in [6.45, 7) is 2.67. The summed E-state index contributed by atoms with van der Waals surface area (Å²) >= 11 is 0. The van der Waals surface area contributed by atoms with Gasteiger partial charge < -0.3 is 19.1 Å². The van der Waals surface area contributed by atoms with E-state index in [1.807, 2.05) is 21.1 Å². The number of nitrogens with zero attached hydrogens (tertiary/aromatic N) is 1. The van der Waals surface area contributed by atoms with Crippen molar-refractivity contribution in [2.24, 2.45) is 0 Å². The minimum Gasteiger partial charge on any atom is -0.550 e. The molecule has 0 radical (unpaired) electrons. The Morgan fingerprint density at radius 1 is 0.812 bits per heavy atom. The fourth-order valence-electron chi connectivity index (χ4n) is 3.11. The van der Waals surface area contributed by atoms with Crippen molar-refractivity contribution in [1.29, 1.82) is 0 Å². The van der Waals surface area contributed by atoms with Gasteiger partial charge in [-0.3, -0.25) is 4.79 Å². The van der Waals surface area contributed by atoms with Gasteiger partial charge in [-0.1, -0.05) is 68.4 Å². The van der Waals surface area contributed by atoms with Gasteiger partial charge in [-0.25, -0.2) is 0 Å². The van der Waals surface area contributed by atoms with Crippen LogP contribution in [-0.4, -0.2) is 50.2 Å². The topological polar surface area (TPSA) is 66.4 Å². The van der Waals surface area contributed by atoms with Gasteiger partial charge in [-0.15, -0.1) is 0 Å². The molecule has 0 aliphatic rings. The van der Waals surface area contributed by atoms with Crippen molar-refractivity contribution < 1.29 is 23.9 Å². The van der Waals surface area contributed by atoms with E-state index in [2.05, 4.69) is 55.5 Å². The first kappa shape index (κ1) is 29.9. The summed E-state index contributed by atoms with van der Waals surface area (Å²) in [5.74, 6) is -1.54. The number of unbranched alkanes of at least 4 members (excludes halogenated alkanes) is 4. The van der Waals surface area contributed by atoms with E-state index >= 15 is 0 Å². The molecule has 0 aromatic heterocycles. The van der Waals surface area contributed by atoms with Crippen LogP contribution >= 0.6 is 0 Å². The largest absolute Gasteiger partial charge is 0.550 e. The van der Waals surface area contributed by atoms with Crippen molar-refractivity contribution in [1.82, 2.24) is 0 Å². The van der Waals surface area contributed by atoms with Gasteiger partial charge in [0.05, 0.1) is 21.1 Å². The Bertz CT molecular complexity index is 612. The van der Waals surface area contributed by atoms with Crippen LogP contribution in [0.15, 0.2) is 48.6 Å². The smallest absolute Gasteiger partial charge is 0.306 e. The van der Waals surface area contributed by atoms with Gasteiger partial charge in [0.25, 0.3) is 0 Å². The van der Waals surface area contributed by atoms with Gasteiger partial charge in [0.2, 0.25) is 0 Å². The van der Waals surface area contributed by atoms with Crippen molar-refractivity contribution in [3.63, 3.8) is 0 Å². The first-order chi connectivity index (χ1) is 15.2. The van der Waals surface area contributed by atoms with Crippen molar-refractivity contribution in [3.8, 4) is 0 Å². The van der Waals surface area contributed by atoms with Crippen LogP contribution in [-0.2, 0) is 14.3 Å². The van der Waals surface area contributed by atoms with Gasteiger partial charge in [0.1, 0.15) is 6.54 Å². The van der Waals surface area contributed by atoms with E-state index in [1.165, 1.54) is 25.7 Å². The zero-order valence-corrected chi connectivity index (χ0v) is 20.8. The number of allylic oxidation sites excluding steroid dienone is 8. The number of hydrogen-bond donors (Lipinski definition) is 0. The Morgan fingerprint density at radius 2 is 1.31 bits per heavy atom. The molecule has 5 heteroatoms. The van der Waals surface area contributed by atoms with Crippen LogP contribution in [0.2, 0.25) is 0 Å². The Hall–Kier alpha value is -2.14. The summed E-state index contributed by atoms with van der Waals surface area (Å²) in [5.41, 5.74) is 0. The van der Waals surface area contributed by atoms with Crippen LogP contribution in [0.4, 0.5) is 0 Å². The molecule has 0 saturated carbocycles. The van der Waals surface area contributed by atoms with E-state index in [0.29, 0.717) is 23.9 Å².